The van der Waals surface area contributed by atoms with Crippen LogP contribution in [0.3, 0.4) is 0 Å². The molecule has 1 N–H and O–H groups in total. The van der Waals surface area contributed by atoms with E-state index < -0.39 is 18.5 Å². The van der Waals surface area contributed by atoms with Crippen LogP contribution < -0.4 is 5.32 Å². The van der Waals surface area contributed by atoms with Gasteiger partial charge in [-0.2, -0.15) is 0 Å². The Labute approximate surface area is 153 Å². The summed E-state index contributed by atoms with van der Waals surface area (Å²) in [5, 5.41) is 2.61. The van der Waals surface area contributed by atoms with E-state index in [2.05, 4.69) is 19.2 Å². The Morgan fingerprint density at radius 1 is 1.00 bits per heavy atom. The number of benzene rings is 2. The van der Waals surface area contributed by atoms with Crippen molar-refractivity contribution in [2.75, 3.05) is 11.9 Å². The number of ether oxygens (including phenoxy) is 1. The molecule has 0 aliphatic carbocycles. The van der Waals surface area contributed by atoms with Gasteiger partial charge in [-0.3, -0.25) is 9.59 Å². The van der Waals surface area contributed by atoms with Crippen LogP contribution in [0.5, 0.6) is 0 Å². The molecule has 0 aromatic heterocycles. The third kappa shape index (κ3) is 5.84. The normalized spacial score (nSPS) is 10.5. The molecule has 2 aromatic rings. The van der Waals surface area contributed by atoms with Gasteiger partial charge in [0.2, 0.25) is 0 Å². The fourth-order valence-corrected chi connectivity index (χ4v) is 2.48. The molecule has 0 radical (unpaired) electrons. The number of amides is 1. The molecular formula is C21H23NO4. The number of esters is 1. The summed E-state index contributed by atoms with van der Waals surface area (Å²) in [6.45, 7) is 5.33. The van der Waals surface area contributed by atoms with Gasteiger partial charge in [-0.1, -0.05) is 38.1 Å². The van der Waals surface area contributed by atoms with Gasteiger partial charge in [0.25, 0.3) is 5.91 Å². The van der Waals surface area contributed by atoms with E-state index >= 15 is 0 Å². The highest BCUT2D eigenvalue weighted by molar-refractivity contribution is 5.98. The third-order valence-corrected chi connectivity index (χ3v) is 3.72. The van der Waals surface area contributed by atoms with Crippen LogP contribution in [0.1, 0.15) is 47.1 Å². The summed E-state index contributed by atoms with van der Waals surface area (Å²) < 4.78 is 5.04. The van der Waals surface area contributed by atoms with Gasteiger partial charge < -0.3 is 10.1 Å². The standard InChI is InChI=1S/C21H23NO4/c1-14(2)11-16-7-9-17(10-8-16)21(25)26-13-20(24)22-19-6-4-5-18(12-19)15(3)23/h4-10,12,14H,11,13H2,1-3H3,(H,22,24). The zero-order valence-electron chi connectivity index (χ0n) is 15.2. The fraction of sp³-hybridized carbons (Fsp3) is 0.286. The second kappa shape index (κ2) is 8.94. The van der Waals surface area contributed by atoms with Crippen LogP contribution in [-0.2, 0) is 16.0 Å². The summed E-state index contributed by atoms with van der Waals surface area (Å²) in [7, 11) is 0. The minimum absolute atomic E-state index is 0.0894. The summed E-state index contributed by atoms with van der Waals surface area (Å²) in [5.74, 6) is -0.560. The molecule has 5 heteroatoms. The molecule has 0 saturated carbocycles. The highest BCUT2D eigenvalue weighted by Crippen LogP contribution is 2.12. The monoisotopic (exact) mass is 353 g/mol. The van der Waals surface area contributed by atoms with Crippen molar-refractivity contribution in [2.45, 2.75) is 27.2 Å². The topological polar surface area (TPSA) is 72.5 Å². The smallest absolute Gasteiger partial charge is 0.338 e. The molecule has 0 heterocycles. The molecular weight excluding hydrogens is 330 g/mol. The van der Waals surface area contributed by atoms with E-state index in [4.69, 9.17) is 4.74 Å². The van der Waals surface area contributed by atoms with Crippen LogP contribution in [0.15, 0.2) is 48.5 Å². The maximum atomic E-state index is 12.0. The Balaban J connectivity index is 1.87. The minimum Gasteiger partial charge on any atom is -0.452 e. The number of carbonyl (C=O) groups excluding carboxylic acids is 3. The Hall–Kier alpha value is -2.95. The van der Waals surface area contributed by atoms with E-state index in [0.29, 0.717) is 22.7 Å². The Morgan fingerprint density at radius 3 is 2.31 bits per heavy atom. The average Bonchev–Trinajstić information content (AvgIpc) is 2.60. The second-order valence-corrected chi connectivity index (χ2v) is 6.56. The Morgan fingerprint density at radius 2 is 1.69 bits per heavy atom. The summed E-state index contributed by atoms with van der Waals surface area (Å²) in [6, 6.07) is 13.8. The molecule has 0 saturated heterocycles. The number of carbonyl (C=O) groups is 3. The van der Waals surface area contributed by atoms with Crippen LogP contribution in [0, 0.1) is 5.92 Å². The van der Waals surface area contributed by atoms with Crippen LogP contribution in [0.25, 0.3) is 0 Å². The van der Waals surface area contributed by atoms with Crippen LogP contribution >= 0.6 is 0 Å². The van der Waals surface area contributed by atoms with Crippen molar-refractivity contribution in [2.24, 2.45) is 5.92 Å². The number of anilines is 1. The van der Waals surface area contributed by atoms with E-state index in [1.165, 1.54) is 6.92 Å². The molecule has 0 fully saturated rings. The van der Waals surface area contributed by atoms with Gasteiger partial charge in [0.15, 0.2) is 12.4 Å². The predicted molar refractivity (Wildman–Crippen MR) is 100 cm³/mol. The SMILES string of the molecule is CC(=O)c1cccc(NC(=O)COC(=O)c2ccc(CC(C)C)cc2)c1. The van der Waals surface area contributed by atoms with Gasteiger partial charge in [0, 0.05) is 11.3 Å². The number of Topliss-reactive ketones (excluding diaryl/α,β-unsaturated/α-hetero) is 1. The minimum atomic E-state index is -0.547. The van der Waals surface area contributed by atoms with Gasteiger partial charge in [-0.05, 0) is 49.1 Å². The van der Waals surface area contributed by atoms with Gasteiger partial charge in [0.1, 0.15) is 0 Å². The highest BCUT2D eigenvalue weighted by atomic mass is 16.5. The van der Waals surface area contributed by atoms with E-state index in [1.54, 1.807) is 36.4 Å². The lowest BCUT2D eigenvalue weighted by atomic mass is 10.0. The van der Waals surface area contributed by atoms with Crippen molar-refractivity contribution < 1.29 is 19.1 Å². The first kappa shape index (κ1) is 19.4. The lowest BCUT2D eigenvalue weighted by Crippen LogP contribution is -2.21. The number of hydrogen-bond donors (Lipinski definition) is 1. The molecule has 0 bridgehead atoms. The van der Waals surface area contributed by atoms with E-state index in [-0.39, 0.29) is 5.78 Å². The van der Waals surface area contributed by atoms with Crippen LogP contribution in [0.4, 0.5) is 5.69 Å². The van der Waals surface area contributed by atoms with Crippen molar-refractivity contribution in [1.29, 1.82) is 0 Å². The average molecular weight is 353 g/mol. The van der Waals surface area contributed by atoms with Crippen molar-refractivity contribution >= 4 is 23.3 Å². The first-order valence-corrected chi connectivity index (χ1v) is 8.52. The summed E-state index contributed by atoms with van der Waals surface area (Å²) >= 11 is 0. The molecule has 26 heavy (non-hydrogen) atoms. The lowest BCUT2D eigenvalue weighted by molar-refractivity contribution is -0.119. The number of hydrogen-bond acceptors (Lipinski definition) is 4. The second-order valence-electron chi connectivity index (χ2n) is 6.56. The molecule has 136 valence electrons. The summed E-state index contributed by atoms with van der Waals surface area (Å²) in [5.41, 5.74) is 2.54. The summed E-state index contributed by atoms with van der Waals surface area (Å²) in [6.07, 6.45) is 0.942. The highest BCUT2D eigenvalue weighted by Gasteiger charge is 2.11. The fourth-order valence-electron chi connectivity index (χ4n) is 2.48. The maximum absolute atomic E-state index is 12.0. The van der Waals surface area contributed by atoms with E-state index in [1.807, 2.05) is 12.1 Å². The van der Waals surface area contributed by atoms with Gasteiger partial charge in [-0.25, -0.2) is 4.79 Å². The van der Waals surface area contributed by atoms with Gasteiger partial charge >= 0.3 is 5.97 Å². The van der Waals surface area contributed by atoms with Crippen LogP contribution in [0.2, 0.25) is 0 Å². The van der Waals surface area contributed by atoms with Gasteiger partial charge in [-0.15, -0.1) is 0 Å². The Kier molecular flexibility index (Phi) is 6.67. The van der Waals surface area contributed by atoms with Crippen molar-refractivity contribution in [3.05, 3.63) is 65.2 Å². The van der Waals surface area contributed by atoms with Crippen LogP contribution in [-0.4, -0.2) is 24.3 Å². The van der Waals surface area contributed by atoms with E-state index in [9.17, 15) is 14.4 Å². The molecule has 2 rings (SSSR count). The van der Waals surface area contributed by atoms with Crippen molar-refractivity contribution in [1.82, 2.24) is 0 Å². The zero-order chi connectivity index (χ0) is 19.1. The molecule has 0 aliphatic rings. The predicted octanol–water partition coefficient (Wildman–Crippen LogP) is 3.88. The largest absolute Gasteiger partial charge is 0.452 e. The van der Waals surface area contributed by atoms with Crippen molar-refractivity contribution in [3.8, 4) is 0 Å². The number of rotatable bonds is 7. The molecule has 0 atom stereocenters. The lowest BCUT2D eigenvalue weighted by Gasteiger charge is -2.08. The molecule has 2 aromatic carbocycles. The van der Waals surface area contributed by atoms with Gasteiger partial charge in [0.05, 0.1) is 5.56 Å². The molecule has 0 aliphatic heterocycles. The molecule has 1 amide bonds. The molecule has 5 nitrogen and oxygen atoms in total. The quantitative estimate of drug-likeness (QED) is 0.605. The molecule has 0 unspecified atom stereocenters. The first-order valence-electron chi connectivity index (χ1n) is 8.52. The van der Waals surface area contributed by atoms with E-state index in [0.717, 1.165) is 12.0 Å². The third-order valence-electron chi connectivity index (χ3n) is 3.72. The van der Waals surface area contributed by atoms with Crippen molar-refractivity contribution in [3.63, 3.8) is 0 Å². The first-order chi connectivity index (χ1) is 12.3. The Bertz CT molecular complexity index is 794. The zero-order valence-corrected chi connectivity index (χ0v) is 15.2. The number of ketones is 1. The molecule has 0 spiro atoms. The number of nitrogens with one attached hydrogen (secondary N) is 1. The maximum Gasteiger partial charge on any atom is 0.338 e. The summed E-state index contributed by atoms with van der Waals surface area (Å²) in [4.78, 5) is 35.3.